The first-order valence-corrected chi connectivity index (χ1v) is 18.1. The molecule has 4 heteroatoms. The van der Waals surface area contributed by atoms with Gasteiger partial charge in [-0.05, 0) is 26.2 Å². The molecule has 40 heavy (non-hydrogen) atoms. The molecule has 0 aromatic carbocycles. The van der Waals surface area contributed by atoms with Gasteiger partial charge >= 0.3 is 0 Å². The van der Waals surface area contributed by atoms with Gasteiger partial charge in [0.05, 0.1) is 18.3 Å². The van der Waals surface area contributed by atoms with Crippen molar-refractivity contribution in [2.75, 3.05) is 0 Å². The van der Waals surface area contributed by atoms with Crippen LogP contribution in [0, 0.1) is 5.92 Å². The highest BCUT2D eigenvalue weighted by Gasteiger charge is 2.35. The van der Waals surface area contributed by atoms with Gasteiger partial charge in [0.15, 0.2) is 6.29 Å². The van der Waals surface area contributed by atoms with E-state index in [-0.39, 0.29) is 12.2 Å². The summed E-state index contributed by atoms with van der Waals surface area (Å²) >= 11 is 0. The summed E-state index contributed by atoms with van der Waals surface area (Å²) in [6.07, 6.45) is 33.2. The van der Waals surface area contributed by atoms with E-state index in [1.165, 1.54) is 154 Å². The average molecular weight is 569 g/mol. The van der Waals surface area contributed by atoms with Crippen LogP contribution in [0.25, 0.3) is 0 Å². The number of hydrogen-bond acceptors (Lipinski definition) is 4. The third-order valence-corrected chi connectivity index (χ3v) is 8.95. The van der Waals surface area contributed by atoms with E-state index in [0.29, 0.717) is 6.42 Å². The molecule has 1 aliphatic heterocycles. The van der Waals surface area contributed by atoms with Crippen molar-refractivity contribution in [2.45, 2.75) is 225 Å². The molecule has 1 saturated heterocycles. The first kappa shape index (κ1) is 37.9. The fourth-order valence-electron chi connectivity index (χ4n) is 6.06. The molecule has 240 valence electrons. The Bertz CT molecular complexity index is 525. The fraction of sp³-hybridized carbons (Fsp3) is 1.00. The van der Waals surface area contributed by atoms with Crippen molar-refractivity contribution in [3.8, 4) is 0 Å². The molecule has 0 radical (unpaired) electrons. The van der Waals surface area contributed by atoms with E-state index in [1.54, 1.807) is 0 Å². The number of aliphatic hydroxyl groups excluding tert-OH is 2. The Morgan fingerprint density at radius 2 is 0.850 bits per heavy atom. The van der Waals surface area contributed by atoms with Gasteiger partial charge in [0.2, 0.25) is 0 Å². The number of ether oxygens (including phenoxy) is 2. The summed E-state index contributed by atoms with van der Waals surface area (Å²) in [4.78, 5) is 0. The molecule has 0 aromatic rings. The topological polar surface area (TPSA) is 58.9 Å². The van der Waals surface area contributed by atoms with Crippen molar-refractivity contribution in [1.82, 2.24) is 0 Å². The van der Waals surface area contributed by atoms with Crippen molar-refractivity contribution in [3.63, 3.8) is 0 Å². The maximum Gasteiger partial charge on any atom is 0.184 e. The van der Waals surface area contributed by atoms with Crippen molar-refractivity contribution in [3.05, 3.63) is 0 Å². The quantitative estimate of drug-likeness (QED) is 0.0922. The minimum absolute atomic E-state index is 0.0796. The fourth-order valence-corrected chi connectivity index (χ4v) is 6.06. The van der Waals surface area contributed by atoms with Gasteiger partial charge in [-0.2, -0.15) is 0 Å². The van der Waals surface area contributed by atoms with Gasteiger partial charge < -0.3 is 19.7 Å². The van der Waals surface area contributed by atoms with E-state index in [1.807, 2.05) is 6.92 Å². The van der Waals surface area contributed by atoms with Gasteiger partial charge in [0.25, 0.3) is 0 Å². The molecule has 0 amide bonds. The monoisotopic (exact) mass is 569 g/mol. The number of hydrogen-bond donors (Lipinski definition) is 2. The highest BCUT2D eigenvalue weighted by Crippen LogP contribution is 2.23. The third-order valence-electron chi connectivity index (χ3n) is 8.95. The molecule has 0 bridgehead atoms. The average Bonchev–Trinajstić information content (AvgIpc) is 2.91. The Balaban J connectivity index is 1.72. The third kappa shape index (κ3) is 22.4. The van der Waals surface area contributed by atoms with E-state index >= 15 is 0 Å². The van der Waals surface area contributed by atoms with Crippen LogP contribution in [0.15, 0.2) is 0 Å². The second kappa shape index (κ2) is 26.5. The summed E-state index contributed by atoms with van der Waals surface area (Å²) in [5, 5.41) is 19.8. The molecular formula is C36H72O4. The summed E-state index contributed by atoms with van der Waals surface area (Å²) in [6, 6.07) is 0. The standard InChI is InChI=1S/C36H72O4/c1-31(2)28-26-24-22-20-18-16-14-12-10-8-6-5-7-9-11-13-15-17-19-21-23-25-27-29-32(3)39-36-35(38)30-34(37)33(4)40-36/h31-38H,5-30H2,1-4H3/t32?,33-,34+,35+,36+/m0/s1. The van der Waals surface area contributed by atoms with E-state index in [0.717, 1.165) is 12.3 Å². The Morgan fingerprint density at radius 1 is 0.525 bits per heavy atom. The van der Waals surface area contributed by atoms with E-state index in [2.05, 4.69) is 20.8 Å². The van der Waals surface area contributed by atoms with Gasteiger partial charge in [-0.15, -0.1) is 0 Å². The molecule has 4 nitrogen and oxygen atoms in total. The zero-order valence-electron chi connectivity index (χ0n) is 27.6. The molecule has 1 unspecified atom stereocenters. The summed E-state index contributed by atoms with van der Waals surface area (Å²) in [6.45, 7) is 8.57. The van der Waals surface area contributed by atoms with Crippen LogP contribution in [-0.2, 0) is 9.47 Å². The lowest BCUT2D eigenvalue weighted by molar-refractivity contribution is -0.273. The summed E-state index contributed by atoms with van der Waals surface area (Å²) in [5.41, 5.74) is 0. The maximum absolute atomic E-state index is 10.1. The van der Waals surface area contributed by atoms with Crippen LogP contribution in [-0.4, -0.2) is 40.9 Å². The van der Waals surface area contributed by atoms with Gasteiger partial charge in [-0.25, -0.2) is 0 Å². The molecule has 5 atom stereocenters. The number of unbranched alkanes of at least 4 members (excludes halogenated alkanes) is 22. The van der Waals surface area contributed by atoms with Crippen molar-refractivity contribution in [1.29, 1.82) is 0 Å². The predicted octanol–water partition coefficient (Wildman–Crippen LogP) is 10.7. The molecule has 1 heterocycles. The molecule has 0 spiro atoms. The van der Waals surface area contributed by atoms with Crippen molar-refractivity contribution in [2.24, 2.45) is 5.92 Å². The van der Waals surface area contributed by atoms with Crippen LogP contribution >= 0.6 is 0 Å². The van der Waals surface area contributed by atoms with E-state index in [9.17, 15) is 10.2 Å². The highest BCUT2D eigenvalue weighted by molar-refractivity contribution is 4.78. The van der Waals surface area contributed by atoms with E-state index in [4.69, 9.17) is 9.47 Å². The van der Waals surface area contributed by atoms with Crippen molar-refractivity contribution >= 4 is 0 Å². The number of rotatable bonds is 28. The molecular weight excluding hydrogens is 496 g/mol. The first-order valence-electron chi connectivity index (χ1n) is 18.1. The lowest BCUT2D eigenvalue weighted by atomic mass is 10.0. The lowest BCUT2D eigenvalue weighted by Gasteiger charge is -2.36. The normalized spacial score (nSPS) is 22.3. The molecule has 1 aliphatic rings. The van der Waals surface area contributed by atoms with Gasteiger partial charge in [-0.1, -0.05) is 168 Å². The first-order chi connectivity index (χ1) is 19.4. The zero-order valence-corrected chi connectivity index (χ0v) is 27.6. The van der Waals surface area contributed by atoms with Crippen LogP contribution in [0.5, 0.6) is 0 Å². The smallest absolute Gasteiger partial charge is 0.184 e. The second-order valence-corrected chi connectivity index (χ2v) is 13.6. The second-order valence-electron chi connectivity index (χ2n) is 13.6. The summed E-state index contributed by atoms with van der Waals surface area (Å²) in [7, 11) is 0. The van der Waals surface area contributed by atoms with Crippen LogP contribution in [0.4, 0.5) is 0 Å². The molecule has 1 rings (SSSR count). The largest absolute Gasteiger partial charge is 0.390 e. The lowest BCUT2D eigenvalue weighted by Crippen LogP contribution is -2.48. The Kier molecular flexibility index (Phi) is 25.1. The van der Waals surface area contributed by atoms with Gasteiger partial charge in [0, 0.05) is 6.42 Å². The zero-order chi connectivity index (χ0) is 29.3. The molecule has 0 aliphatic carbocycles. The summed E-state index contributed by atoms with van der Waals surface area (Å²) in [5.74, 6) is 0.883. The van der Waals surface area contributed by atoms with Crippen LogP contribution < -0.4 is 0 Å². The maximum atomic E-state index is 10.1. The van der Waals surface area contributed by atoms with Crippen LogP contribution in [0.2, 0.25) is 0 Å². The van der Waals surface area contributed by atoms with Gasteiger partial charge in [-0.3, -0.25) is 0 Å². The molecule has 0 aromatic heterocycles. The molecule has 1 fully saturated rings. The van der Waals surface area contributed by atoms with Crippen molar-refractivity contribution < 1.29 is 19.7 Å². The Morgan fingerprint density at radius 3 is 1.20 bits per heavy atom. The summed E-state index contributed by atoms with van der Waals surface area (Å²) < 4.78 is 11.5. The van der Waals surface area contributed by atoms with Gasteiger partial charge in [0.1, 0.15) is 6.10 Å². The number of aliphatic hydroxyl groups is 2. The Hall–Kier alpha value is -0.160. The van der Waals surface area contributed by atoms with Crippen LogP contribution in [0.3, 0.4) is 0 Å². The predicted molar refractivity (Wildman–Crippen MR) is 172 cm³/mol. The Labute approximate surface area is 250 Å². The minimum atomic E-state index is -0.734. The van der Waals surface area contributed by atoms with Crippen LogP contribution in [0.1, 0.15) is 195 Å². The van der Waals surface area contributed by atoms with E-state index < -0.39 is 18.5 Å². The molecule has 0 saturated carbocycles. The highest BCUT2D eigenvalue weighted by atomic mass is 16.7. The minimum Gasteiger partial charge on any atom is -0.390 e. The SMILES string of the molecule is CC(C)CCCCCCCCCCCCCCCCCCCCCCCCCC(C)O[C@@H]1O[C@@H](C)[C@H](O)C[C@H]1O. The molecule has 2 N–H and O–H groups in total.